The molecule has 1 aliphatic rings. The fourth-order valence-electron chi connectivity index (χ4n) is 3.83. The Morgan fingerprint density at radius 2 is 1.93 bits per heavy atom. The van der Waals surface area contributed by atoms with Gasteiger partial charge in [0.15, 0.2) is 11.5 Å². The van der Waals surface area contributed by atoms with E-state index in [9.17, 15) is 4.79 Å². The van der Waals surface area contributed by atoms with Gasteiger partial charge in [-0.25, -0.2) is 4.68 Å². The lowest BCUT2D eigenvalue weighted by Gasteiger charge is -2.18. The Hall–Kier alpha value is -2.86. The first-order valence-electron chi connectivity index (χ1n) is 9.09. The van der Waals surface area contributed by atoms with Crippen LogP contribution in [0.2, 0.25) is 0 Å². The second-order valence-corrected chi connectivity index (χ2v) is 6.83. The molecule has 1 aromatic heterocycles. The average Bonchev–Trinajstić information content (AvgIpc) is 3.18. The Morgan fingerprint density at radius 3 is 2.67 bits per heavy atom. The first-order valence-corrected chi connectivity index (χ1v) is 9.09. The van der Waals surface area contributed by atoms with Gasteiger partial charge in [-0.05, 0) is 30.0 Å². The number of fused-ring (bicyclic) bond motifs is 1. The lowest BCUT2D eigenvalue weighted by Crippen LogP contribution is -2.32. The van der Waals surface area contributed by atoms with Gasteiger partial charge in [0.25, 0.3) is 5.56 Å². The van der Waals surface area contributed by atoms with Crippen molar-refractivity contribution in [1.82, 2.24) is 14.7 Å². The van der Waals surface area contributed by atoms with Gasteiger partial charge < -0.3 is 9.47 Å². The van der Waals surface area contributed by atoms with Crippen molar-refractivity contribution in [2.75, 3.05) is 27.3 Å². The minimum absolute atomic E-state index is 0.161. The number of nitrogens with zero attached hydrogens (tertiary/aromatic N) is 3. The molecule has 2 aromatic carbocycles. The van der Waals surface area contributed by atoms with Crippen LogP contribution in [0.5, 0.6) is 11.5 Å². The maximum absolute atomic E-state index is 13.1. The fraction of sp³-hybridized carbons (Fsp3) is 0.333. The van der Waals surface area contributed by atoms with Crippen LogP contribution in [-0.4, -0.2) is 42.0 Å². The van der Waals surface area contributed by atoms with Gasteiger partial charge in [-0.3, -0.25) is 9.69 Å². The molecule has 0 saturated carbocycles. The summed E-state index contributed by atoms with van der Waals surface area (Å²) >= 11 is 0. The summed E-state index contributed by atoms with van der Waals surface area (Å²) in [6, 6.07) is 14.2. The van der Waals surface area contributed by atoms with Gasteiger partial charge in [-0.2, -0.15) is 5.10 Å². The molecule has 1 saturated heterocycles. The number of likely N-dealkylation sites (tertiary alicyclic amines) is 1. The Balaban J connectivity index is 1.61. The van der Waals surface area contributed by atoms with Crippen LogP contribution in [0.3, 0.4) is 0 Å². The van der Waals surface area contributed by atoms with E-state index < -0.39 is 0 Å². The lowest BCUT2D eigenvalue weighted by molar-refractivity contribution is 0.246. The van der Waals surface area contributed by atoms with E-state index in [1.165, 1.54) is 10.2 Å². The molecule has 0 spiro atoms. The molecule has 1 fully saturated rings. The smallest absolute Gasteiger partial charge is 0.279 e. The standard InChI is InChI=1S/C21H23N3O3/c1-26-18-9-8-16-12-22-24(21(25)19(16)20(18)27-2)14-23-11-10-17(13-23)15-6-4-3-5-7-15/h3-9,12,17H,10-11,13-14H2,1-2H3. The van der Waals surface area contributed by atoms with Crippen LogP contribution in [-0.2, 0) is 6.67 Å². The minimum atomic E-state index is -0.161. The number of benzene rings is 2. The van der Waals surface area contributed by atoms with Crippen LogP contribution in [0.4, 0.5) is 0 Å². The summed E-state index contributed by atoms with van der Waals surface area (Å²) in [5, 5.41) is 5.62. The predicted molar refractivity (Wildman–Crippen MR) is 104 cm³/mol. The molecule has 1 aliphatic heterocycles. The van der Waals surface area contributed by atoms with E-state index in [1.807, 2.05) is 12.1 Å². The van der Waals surface area contributed by atoms with Gasteiger partial charge in [-0.15, -0.1) is 0 Å². The first-order chi connectivity index (χ1) is 13.2. The first kappa shape index (κ1) is 17.5. The summed E-state index contributed by atoms with van der Waals surface area (Å²) in [4.78, 5) is 15.3. The molecular formula is C21H23N3O3. The Morgan fingerprint density at radius 1 is 1.11 bits per heavy atom. The monoisotopic (exact) mass is 365 g/mol. The van der Waals surface area contributed by atoms with Crippen molar-refractivity contribution in [1.29, 1.82) is 0 Å². The number of hydrogen-bond acceptors (Lipinski definition) is 5. The molecule has 140 valence electrons. The Bertz CT molecular complexity index is 1000. The van der Waals surface area contributed by atoms with Gasteiger partial charge >= 0.3 is 0 Å². The number of methoxy groups -OCH3 is 2. The third-order valence-electron chi connectivity index (χ3n) is 5.24. The zero-order chi connectivity index (χ0) is 18.8. The number of ether oxygens (including phenoxy) is 2. The minimum Gasteiger partial charge on any atom is -0.493 e. The largest absolute Gasteiger partial charge is 0.493 e. The molecule has 6 nitrogen and oxygen atoms in total. The molecule has 27 heavy (non-hydrogen) atoms. The third kappa shape index (κ3) is 3.28. The van der Waals surface area contributed by atoms with Crippen LogP contribution in [0.25, 0.3) is 10.8 Å². The van der Waals surface area contributed by atoms with E-state index >= 15 is 0 Å². The summed E-state index contributed by atoms with van der Waals surface area (Å²) in [7, 11) is 3.11. The van der Waals surface area contributed by atoms with Crippen molar-refractivity contribution >= 4 is 10.8 Å². The molecule has 0 bridgehead atoms. The molecule has 2 heterocycles. The van der Waals surface area contributed by atoms with Gasteiger partial charge in [0.1, 0.15) is 0 Å². The van der Waals surface area contributed by atoms with E-state index in [1.54, 1.807) is 26.5 Å². The molecule has 4 rings (SSSR count). The highest BCUT2D eigenvalue weighted by molar-refractivity contribution is 5.89. The highest BCUT2D eigenvalue weighted by Crippen LogP contribution is 2.33. The fourth-order valence-corrected chi connectivity index (χ4v) is 3.83. The van der Waals surface area contributed by atoms with Crippen LogP contribution in [0.1, 0.15) is 17.9 Å². The van der Waals surface area contributed by atoms with Crippen molar-refractivity contribution in [2.24, 2.45) is 0 Å². The van der Waals surface area contributed by atoms with E-state index in [0.717, 1.165) is 24.9 Å². The highest BCUT2D eigenvalue weighted by Gasteiger charge is 2.24. The van der Waals surface area contributed by atoms with E-state index in [-0.39, 0.29) is 5.56 Å². The topological polar surface area (TPSA) is 56.6 Å². The van der Waals surface area contributed by atoms with Gasteiger partial charge in [-0.1, -0.05) is 30.3 Å². The average molecular weight is 365 g/mol. The zero-order valence-electron chi connectivity index (χ0n) is 15.6. The maximum atomic E-state index is 13.1. The lowest BCUT2D eigenvalue weighted by atomic mass is 9.99. The molecule has 1 atom stereocenters. The van der Waals surface area contributed by atoms with Crippen molar-refractivity contribution in [2.45, 2.75) is 19.0 Å². The quantitative estimate of drug-likeness (QED) is 0.696. The summed E-state index contributed by atoms with van der Waals surface area (Å²) in [6.07, 6.45) is 2.80. The molecule has 0 aliphatic carbocycles. The highest BCUT2D eigenvalue weighted by atomic mass is 16.5. The van der Waals surface area contributed by atoms with Crippen LogP contribution in [0.15, 0.2) is 53.5 Å². The van der Waals surface area contributed by atoms with Crippen molar-refractivity contribution in [3.8, 4) is 11.5 Å². The second kappa shape index (κ2) is 7.40. The third-order valence-corrected chi connectivity index (χ3v) is 5.24. The number of hydrogen-bond donors (Lipinski definition) is 0. The van der Waals surface area contributed by atoms with Crippen molar-refractivity contribution in [3.63, 3.8) is 0 Å². The van der Waals surface area contributed by atoms with Crippen molar-refractivity contribution < 1.29 is 9.47 Å². The summed E-state index contributed by atoms with van der Waals surface area (Å²) < 4.78 is 12.3. The van der Waals surface area contributed by atoms with Crippen LogP contribution >= 0.6 is 0 Å². The summed E-state index contributed by atoms with van der Waals surface area (Å²) in [5.41, 5.74) is 1.19. The molecule has 0 amide bonds. The molecule has 3 aromatic rings. The van der Waals surface area contributed by atoms with E-state index in [0.29, 0.717) is 29.5 Å². The van der Waals surface area contributed by atoms with Crippen LogP contribution in [0, 0.1) is 0 Å². The molecule has 1 unspecified atom stereocenters. The van der Waals surface area contributed by atoms with Crippen molar-refractivity contribution in [3.05, 3.63) is 64.6 Å². The van der Waals surface area contributed by atoms with Gasteiger partial charge in [0, 0.05) is 18.5 Å². The Kier molecular flexibility index (Phi) is 4.81. The number of aromatic nitrogens is 2. The van der Waals surface area contributed by atoms with Gasteiger partial charge in [0.05, 0.1) is 32.5 Å². The second-order valence-electron chi connectivity index (χ2n) is 6.83. The number of rotatable bonds is 5. The molecule has 0 N–H and O–H groups in total. The normalized spacial score (nSPS) is 17.3. The summed E-state index contributed by atoms with van der Waals surface area (Å²) in [5.74, 6) is 1.50. The SMILES string of the molecule is COc1ccc2cnn(CN3CCC(c4ccccc4)C3)c(=O)c2c1OC. The maximum Gasteiger partial charge on any atom is 0.279 e. The molecule has 6 heteroatoms. The van der Waals surface area contributed by atoms with E-state index in [4.69, 9.17) is 9.47 Å². The predicted octanol–water partition coefficient (Wildman–Crippen LogP) is 2.86. The Labute approximate surface area is 157 Å². The van der Waals surface area contributed by atoms with Gasteiger partial charge in [0.2, 0.25) is 0 Å². The summed E-state index contributed by atoms with van der Waals surface area (Å²) in [6.45, 7) is 2.34. The van der Waals surface area contributed by atoms with E-state index in [2.05, 4.69) is 34.3 Å². The zero-order valence-corrected chi connectivity index (χ0v) is 15.6. The molecule has 0 radical (unpaired) electrons. The van der Waals surface area contributed by atoms with Crippen LogP contribution < -0.4 is 15.0 Å². The molecular weight excluding hydrogens is 342 g/mol.